The van der Waals surface area contributed by atoms with E-state index >= 15 is 0 Å². The van der Waals surface area contributed by atoms with Gasteiger partial charge in [-0.05, 0) is 25.1 Å². The molecular weight excluding hydrogens is 236 g/mol. The van der Waals surface area contributed by atoms with E-state index in [1.807, 2.05) is 31.2 Å². The lowest BCUT2D eigenvalue weighted by molar-refractivity contribution is 0.474. The molecule has 0 saturated carbocycles. The summed E-state index contributed by atoms with van der Waals surface area (Å²) in [5.41, 5.74) is 7.46. The molecular formula is C13H13ClN2O. The third-order valence-corrected chi connectivity index (χ3v) is 2.67. The molecule has 1 aromatic carbocycles. The highest BCUT2D eigenvalue weighted by molar-refractivity contribution is 6.32. The Hall–Kier alpha value is -1.58. The first kappa shape index (κ1) is 11.9. The molecule has 2 N–H and O–H groups in total. The number of para-hydroxylation sites is 1. The van der Waals surface area contributed by atoms with E-state index in [-0.39, 0.29) is 0 Å². The van der Waals surface area contributed by atoms with E-state index in [4.69, 9.17) is 22.1 Å². The number of ether oxygens (including phenoxy) is 1. The molecule has 4 heteroatoms. The van der Waals surface area contributed by atoms with E-state index in [0.29, 0.717) is 23.1 Å². The summed E-state index contributed by atoms with van der Waals surface area (Å²) in [5.74, 6) is 1.25. The highest BCUT2D eigenvalue weighted by Gasteiger charge is 2.08. The minimum atomic E-state index is 0.384. The normalized spacial score (nSPS) is 10.3. The van der Waals surface area contributed by atoms with Crippen molar-refractivity contribution in [3.8, 4) is 11.5 Å². The minimum absolute atomic E-state index is 0.384. The van der Waals surface area contributed by atoms with Crippen LogP contribution in [-0.4, -0.2) is 4.98 Å². The molecule has 0 saturated heterocycles. The van der Waals surface area contributed by atoms with E-state index in [9.17, 15) is 0 Å². The maximum absolute atomic E-state index is 6.09. The highest BCUT2D eigenvalue weighted by Crippen LogP contribution is 2.32. The summed E-state index contributed by atoms with van der Waals surface area (Å²) in [5, 5.41) is 0.550. The van der Waals surface area contributed by atoms with E-state index in [2.05, 4.69) is 4.98 Å². The van der Waals surface area contributed by atoms with Gasteiger partial charge in [-0.2, -0.15) is 0 Å². The van der Waals surface area contributed by atoms with Crippen LogP contribution in [0, 0.1) is 6.92 Å². The Morgan fingerprint density at radius 2 is 2.12 bits per heavy atom. The Balaban J connectivity index is 2.32. The SMILES string of the molecule is Cc1ccc(Oc2c(Cl)cccc2CN)cn1. The molecule has 0 aliphatic rings. The van der Waals surface area contributed by atoms with Crippen LogP contribution in [0.1, 0.15) is 11.3 Å². The van der Waals surface area contributed by atoms with Crippen molar-refractivity contribution in [2.45, 2.75) is 13.5 Å². The zero-order valence-corrected chi connectivity index (χ0v) is 10.2. The Morgan fingerprint density at radius 1 is 1.29 bits per heavy atom. The molecule has 1 heterocycles. The van der Waals surface area contributed by atoms with Crippen LogP contribution >= 0.6 is 11.6 Å². The number of rotatable bonds is 3. The fourth-order valence-electron chi connectivity index (χ4n) is 1.46. The number of benzene rings is 1. The van der Waals surface area contributed by atoms with Gasteiger partial charge in [0.2, 0.25) is 0 Å². The Labute approximate surface area is 105 Å². The van der Waals surface area contributed by atoms with Crippen LogP contribution in [0.4, 0.5) is 0 Å². The molecule has 2 rings (SSSR count). The van der Waals surface area contributed by atoms with Crippen molar-refractivity contribution in [2.24, 2.45) is 5.73 Å². The zero-order chi connectivity index (χ0) is 12.3. The van der Waals surface area contributed by atoms with Crippen LogP contribution in [0.2, 0.25) is 5.02 Å². The van der Waals surface area contributed by atoms with Gasteiger partial charge in [-0.15, -0.1) is 0 Å². The molecule has 0 unspecified atom stereocenters. The zero-order valence-electron chi connectivity index (χ0n) is 9.48. The highest BCUT2D eigenvalue weighted by atomic mass is 35.5. The van der Waals surface area contributed by atoms with E-state index in [1.165, 1.54) is 0 Å². The summed E-state index contributed by atoms with van der Waals surface area (Å²) in [6, 6.07) is 9.26. The molecule has 0 fully saturated rings. The number of pyridine rings is 1. The predicted molar refractivity (Wildman–Crippen MR) is 68.4 cm³/mol. The van der Waals surface area contributed by atoms with Crippen molar-refractivity contribution < 1.29 is 4.74 Å². The average molecular weight is 249 g/mol. The lowest BCUT2D eigenvalue weighted by Gasteiger charge is -2.11. The second-order valence-corrected chi connectivity index (χ2v) is 4.08. The molecule has 0 aliphatic carbocycles. The van der Waals surface area contributed by atoms with Gasteiger partial charge < -0.3 is 10.5 Å². The maximum atomic E-state index is 6.09. The Bertz CT molecular complexity index is 511. The van der Waals surface area contributed by atoms with Crippen LogP contribution in [0.25, 0.3) is 0 Å². The van der Waals surface area contributed by atoms with Crippen molar-refractivity contribution in [2.75, 3.05) is 0 Å². The number of hydrogen-bond acceptors (Lipinski definition) is 3. The van der Waals surface area contributed by atoms with E-state index < -0.39 is 0 Å². The monoisotopic (exact) mass is 248 g/mol. The number of halogens is 1. The van der Waals surface area contributed by atoms with Gasteiger partial charge in [-0.1, -0.05) is 23.7 Å². The van der Waals surface area contributed by atoms with E-state index in [1.54, 1.807) is 12.3 Å². The first-order chi connectivity index (χ1) is 8.20. The van der Waals surface area contributed by atoms with E-state index in [0.717, 1.165) is 11.3 Å². The van der Waals surface area contributed by atoms with Crippen molar-refractivity contribution in [1.82, 2.24) is 4.98 Å². The number of aromatic nitrogens is 1. The molecule has 0 bridgehead atoms. The molecule has 3 nitrogen and oxygen atoms in total. The van der Waals surface area contributed by atoms with Crippen molar-refractivity contribution in [3.63, 3.8) is 0 Å². The van der Waals surface area contributed by atoms with Crippen LogP contribution < -0.4 is 10.5 Å². The second kappa shape index (κ2) is 5.17. The molecule has 0 aliphatic heterocycles. The topological polar surface area (TPSA) is 48.1 Å². The standard InChI is InChI=1S/C13H13ClN2O/c1-9-5-6-11(8-16-9)17-13-10(7-15)3-2-4-12(13)14/h2-6,8H,7,15H2,1H3. The third-order valence-electron chi connectivity index (χ3n) is 2.37. The van der Waals surface area contributed by atoms with Crippen LogP contribution in [0.15, 0.2) is 36.5 Å². The second-order valence-electron chi connectivity index (χ2n) is 3.67. The quantitative estimate of drug-likeness (QED) is 0.907. The number of nitrogens with zero attached hydrogens (tertiary/aromatic N) is 1. The third kappa shape index (κ3) is 2.75. The summed E-state index contributed by atoms with van der Waals surface area (Å²) < 4.78 is 5.71. The number of hydrogen-bond donors (Lipinski definition) is 1. The van der Waals surface area contributed by atoms with Gasteiger partial charge in [0, 0.05) is 17.8 Å². The van der Waals surface area contributed by atoms with Gasteiger partial charge in [-0.25, -0.2) is 0 Å². The Kier molecular flexibility index (Phi) is 3.61. The summed E-state index contributed by atoms with van der Waals surface area (Å²) in [6.45, 7) is 2.31. The largest absolute Gasteiger partial charge is 0.454 e. The molecule has 0 radical (unpaired) electrons. The summed E-state index contributed by atoms with van der Waals surface area (Å²) in [7, 11) is 0. The lowest BCUT2D eigenvalue weighted by Crippen LogP contribution is -2.00. The van der Waals surface area contributed by atoms with Gasteiger partial charge in [0.05, 0.1) is 11.2 Å². The molecule has 0 spiro atoms. The van der Waals surface area contributed by atoms with Crippen molar-refractivity contribution in [3.05, 3.63) is 52.8 Å². The first-order valence-corrected chi connectivity index (χ1v) is 5.66. The Morgan fingerprint density at radius 3 is 2.76 bits per heavy atom. The lowest BCUT2D eigenvalue weighted by atomic mass is 10.2. The van der Waals surface area contributed by atoms with Gasteiger partial charge in [-0.3, -0.25) is 4.98 Å². The molecule has 0 amide bonds. The summed E-state index contributed by atoms with van der Waals surface area (Å²) >= 11 is 6.09. The van der Waals surface area contributed by atoms with Gasteiger partial charge in [0.25, 0.3) is 0 Å². The van der Waals surface area contributed by atoms with Crippen molar-refractivity contribution in [1.29, 1.82) is 0 Å². The fourth-order valence-corrected chi connectivity index (χ4v) is 1.69. The first-order valence-electron chi connectivity index (χ1n) is 5.28. The number of aryl methyl sites for hydroxylation is 1. The predicted octanol–water partition coefficient (Wildman–Crippen LogP) is 3.29. The molecule has 17 heavy (non-hydrogen) atoms. The molecule has 1 aromatic heterocycles. The minimum Gasteiger partial charge on any atom is -0.454 e. The smallest absolute Gasteiger partial charge is 0.150 e. The fraction of sp³-hybridized carbons (Fsp3) is 0.154. The van der Waals surface area contributed by atoms with Gasteiger partial charge in [0.15, 0.2) is 5.75 Å². The van der Waals surface area contributed by atoms with Gasteiger partial charge >= 0.3 is 0 Å². The van der Waals surface area contributed by atoms with Crippen molar-refractivity contribution >= 4 is 11.6 Å². The van der Waals surface area contributed by atoms with Crippen LogP contribution in [0.5, 0.6) is 11.5 Å². The summed E-state index contributed by atoms with van der Waals surface area (Å²) in [6.07, 6.45) is 1.67. The average Bonchev–Trinajstić information content (AvgIpc) is 2.34. The molecule has 2 aromatic rings. The van der Waals surface area contributed by atoms with Gasteiger partial charge in [0.1, 0.15) is 5.75 Å². The van der Waals surface area contributed by atoms with Crippen LogP contribution in [0.3, 0.4) is 0 Å². The van der Waals surface area contributed by atoms with Crippen LogP contribution in [-0.2, 0) is 6.54 Å². The molecule has 0 atom stereocenters. The number of nitrogens with two attached hydrogens (primary N) is 1. The summed E-state index contributed by atoms with van der Waals surface area (Å²) in [4.78, 5) is 4.16. The maximum Gasteiger partial charge on any atom is 0.150 e. The molecule has 88 valence electrons.